The molecule has 0 unspecified atom stereocenters. The van der Waals surface area contributed by atoms with Gasteiger partial charge in [0.15, 0.2) is 12.1 Å². The fourth-order valence-corrected chi connectivity index (χ4v) is 1.08. The minimum Gasteiger partial charge on any atom is -0.296 e. The number of aromatic nitrogens is 3. The second kappa shape index (κ2) is 3.74. The van der Waals surface area contributed by atoms with E-state index in [1.807, 2.05) is 0 Å². The van der Waals surface area contributed by atoms with E-state index in [0.717, 1.165) is 5.56 Å². The van der Waals surface area contributed by atoms with Crippen LogP contribution in [-0.2, 0) is 0 Å². The summed E-state index contributed by atoms with van der Waals surface area (Å²) in [6, 6.07) is 5.16. The highest BCUT2D eigenvalue weighted by Gasteiger charge is 2.00. The molecule has 0 spiro atoms. The second-order valence-corrected chi connectivity index (χ2v) is 2.66. The average molecular weight is 185 g/mol. The zero-order chi connectivity index (χ0) is 9.80. The van der Waals surface area contributed by atoms with Gasteiger partial charge < -0.3 is 0 Å². The van der Waals surface area contributed by atoms with Crippen molar-refractivity contribution in [3.8, 4) is 11.4 Å². The predicted molar refractivity (Wildman–Crippen MR) is 50.7 cm³/mol. The molecule has 4 heteroatoms. The summed E-state index contributed by atoms with van der Waals surface area (Å²) < 4.78 is 0. The number of aldehydes is 1. The topological polar surface area (TPSA) is 55.7 Å². The van der Waals surface area contributed by atoms with Crippen LogP contribution in [0.15, 0.2) is 36.8 Å². The van der Waals surface area contributed by atoms with Crippen molar-refractivity contribution in [2.45, 2.75) is 0 Å². The quantitative estimate of drug-likeness (QED) is 0.662. The van der Waals surface area contributed by atoms with Crippen LogP contribution >= 0.6 is 0 Å². The summed E-state index contributed by atoms with van der Waals surface area (Å²) in [5.74, 6) is 0.539. The SMILES string of the molecule is O=Cc1ccnc(-c2ccncc2)n1. The minimum atomic E-state index is 0.381. The molecule has 2 rings (SSSR count). The van der Waals surface area contributed by atoms with Crippen molar-refractivity contribution in [3.05, 3.63) is 42.5 Å². The monoisotopic (exact) mass is 185 g/mol. The lowest BCUT2D eigenvalue weighted by molar-refractivity contribution is 0.111. The van der Waals surface area contributed by atoms with Gasteiger partial charge in [0.2, 0.25) is 0 Å². The number of hydrogen-bond donors (Lipinski definition) is 0. The molecule has 2 aromatic heterocycles. The summed E-state index contributed by atoms with van der Waals surface area (Å²) in [5.41, 5.74) is 1.23. The first-order valence-electron chi connectivity index (χ1n) is 4.09. The number of rotatable bonds is 2. The molecule has 0 radical (unpaired) electrons. The fraction of sp³-hybridized carbons (Fsp3) is 0. The summed E-state index contributed by atoms with van der Waals surface area (Å²) in [6.07, 6.45) is 5.58. The Hall–Kier alpha value is -2.10. The van der Waals surface area contributed by atoms with Gasteiger partial charge in [-0.1, -0.05) is 0 Å². The number of carbonyl (C=O) groups is 1. The Kier molecular flexibility index (Phi) is 2.27. The van der Waals surface area contributed by atoms with Crippen molar-refractivity contribution < 1.29 is 4.79 Å². The van der Waals surface area contributed by atoms with Crippen molar-refractivity contribution in [1.29, 1.82) is 0 Å². The van der Waals surface area contributed by atoms with E-state index in [1.165, 1.54) is 0 Å². The molecule has 0 N–H and O–H groups in total. The summed E-state index contributed by atoms with van der Waals surface area (Å²) >= 11 is 0. The lowest BCUT2D eigenvalue weighted by Crippen LogP contribution is -1.93. The normalized spacial score (nSPS) is 9.71. The van der Waals surface area contributed by atoms with Gasteiger partial charge in [0, 0.05) is 24.2 Å². The lowest BCUT2D eigenvalue weighted by atomic mass is 10.2. The van der Waals surface area contributed by atoms with Gasteiger partial charge in [0.25, 0.3) is 0 Å². The molecule has 0 saturated heterocycles. The van der Waals surface area contributed by atoms with Gasteiger partial charge in [-0.05, 0) is 18.2 Å². The third kappa shape index (κ3) is 1.64. The van der Waals surface area contributed by atoms with Gasteiger partial charge in [0.1, 0.15) is 5.69 Å². The number of carbonyl (C=O) groups excluding carboxylic acids is 1. The molecule has 0 aliphatic rings. The lowest BCUT2D eigenvalue weighted by Gasteiger charge is -1.98. The molecule has 0 atom stereocenters. The predicted octanol–water partition coefficient (Wildman–Crippen LogP) is 1.35. The Morgan fingerprint density at radius 1 is 1.07 bits per heavy atom. The van der Waals surface area contributed by atoms with Crippen molar-refractivity contribution in [2.24, 2.45) is 0 Å². The van der Waals surface area contributed by atoms with Crippen LogP contribution in [0.5, 0.6) is 0 Å². The smallest absolute Gasteiger partial charge is 0.168 e. The molecule has 0 aliphatic heterocycles. The first-order chi connectivity index (χ1) is 6.90. The number of pyridine rings is 1. The van der Waals surface area contributed by atoms with Gasteiger partial charge in [0.05, 0.1) is 0 Å². The molecule has 2 heterocycles. The number of hydrogen-bond acceptors (Lipinski definition) is 4. The van der Waals surface area contributed by atoms with Gasteiger partial charge >= 0.3 is 0 Å². The van der Waals surface area contributed by atoms with Crippen molar-refractivity contribution in [2.75, 3.05) is 0 Å². The molecule has 0 bridgehead atoms. The Balaban J connectivity index is 2.47. The molecule has 0 fully saturated rings. The maximum atomic E-state index is 10.5. The molecule has 0 aliphatic carbocycles. The van der Waals surface area contributed by atoms with Crippen LogP contribution < -0.4 is 0 Å². The Bertz CT molecular complexity index is 442. The van der Waals surface area contributed by atoms with Crippen LogP contribution in [0.4, 0.5) is 0 Å². The molecule has 2 aromatic rings. The van der Waals surface area contributed by atoms with E-state index in [4.69, 9.17) is 0 Å². The van der Waals surface area contributed by atoms with Gasteiger partial charge in [-0.25, -0.2) is 9.97 Å². The third-order valence-electron chi connectivity index (χ3n) is 1.74. The largest absolute Gasteiger partial charge is 0.296 e. The molecule has 0 amide bonds. The standard InChI is InChI=1S/C10H7N3O/c14-7-9-3-6-12-10(13-9)8-1-4-11-5-2-8/h1-7H. The van der Waals surface area contributed by atoms with Crippen molar-refractivity contribution in [1.82, 2.24) is 15.0 Å². The van der Waals surface area contributed by atoms with Crippen molar-refractivity contribution in [3.63, 3.8) is 0 Å². The van der Waals surface area contributed by atoms with E-state index in [1.54, 1.807) is 36.8 Å². The Morgan fingerprint density at radius 2 is 1.86 bits per heavy atom. The van der Waals surface area contributed by atoms with Crippen LogP contribution in [0.25, 0.3) is 11.4 Å². The van der Waals surface area contributed by atoms with Crippen LogP contribution in [0.2, 0.25) is 0 Å². The van der Waals surface area contributed by atoms with Crippen LogP contribution in [0.1, 0.15) is 10.5 Å². The van der Waals surface area contributed by atoms with E-state index < -0.39 is 0 Å². The van der Waals surface area contributed by atoms with E-state index in [2.05, 4.69) is 15.0 Å². The highest BCUT2D eigenvalue weighted by molar-refractivity contribution is 5.72. The minimum absolute atomic E-state index is 0.381. The Labute approximate surface area is 80.7 Å². The van der Waals surface area contributed by atoms with Crippen LogP contribution in [0, 0.1) is 0 Å². The molecular weight excluding hydrogens is 178 g/mol. The third-order valence-corrected chi connectivity index (χ3v) is 1.74. The first-order valence-corrected chi connectivity index (χ1v) is 4.09. The second-order valence-electron chi connectivity index (χ2n) is 2.66. The fourth-order valence-electron chi connectivity index (χ4n) is 1.08. The van der Waals surface area contributed by atoms with E-state index in [-0.39, 0.29) is 0 Å². The highest BCUT2D eigenvalue weighted by atomic mass is 16.1. The molecule has 68 valence electrons. The number of nitrogens with zero attached hydrogens (tertiary/aromatic N) is 3. The molecule has 14 heavy (non-hydrogen) atoms. The van der Waals surface area contributed by atoms with E-state index in [9.17, 15) is 4.79 Å². The molecule has 4 nitrogen and oxygen atoms in total. The molecular formula is C10H7N3O. The maximum absolute atomic E-state index is 10.5. The summed E-state index contributed by atoms with van der Waals surface area (Å²) in [7, 11) is 0. The van der Waals surface area contributed by atoms with Crippen LogP contribution in [0.3, 0.4) is 0 Å². The zero-order valence-corrected chi connectivity index (χ0v) is 7.29. The zero-order valence-electron chi connectivity index (χ0n) is 7.29. The van der Waals surface area contributed by atoms with E-state index in [0.29, 0.717) is 17.8 Å². The van der Waals surface area contributed by atoms with Gasteiger partial charge in [-0.3, -0.25) is 9.78 Å². The first kappa shape index (κ1) is 8.50. The average Bonchev–Trinajstić information content (AvgIpc) is 2.30. The van der Waals surface area contributed by atoms with Crippen molar-refractivity contribution >= 4 is 6.29 Å². The van der Waals surface area contributed by atoms with Gasteiger partial charge in [-0.15, -0.1) is 0 Å². The van der Waals surface area contributed by atoms with Gasteiger partial charge in [-0.2, -0.15) is 0 Å². The maximum Gasteiger partial charge on any atom is 0.168 e. The Morgan fingerprint density at radius 3 is 2.57 bits per heavy atom. The highest BCUT2D eigenvalue weighted by Crippen LogP contribution is 2.11. The van der Waals surface area contributed by atoms with E-state index >= 15 is 0 Å². The summed E-state index contributed by atoms with van der Waals surface area (Å²) in [4.78, 5) is 22.5. The summed E-state index contributed by atoms with van der Waals surface area (Å²) in [5, 5.41) is 0. The molecule has 0 aromatic carbocycles. The molecule has 0 saturated carbocycles. The van der Waals surface area contributed by atoms with Crippen LogP contribution in [-0.4, -0.2) is 21.2 Å². The summed E-state index contributed by atoms with van der Waals surface area (Å²) in [6.45, 7) is 0.